The normalized spacial score (nSPS) is 12.9. The summed E-state index contributed by atoms with van der Waals surface area (Å²) in [6, 6.07) is 5.86. The van der Waals surface area contributed by atoms with Crippen LogP contribution in [0.5, 0.6) is 0 Å². The zero-order valence-corrected chi connectivity index (χ0v) is 9.63. The first kappa shape index (κ1) is 10.7. The van der Waals surface area contributed by atoms with E-state index in [-0.39, 0.29) is 12.5 Å². The number of aromatic nitrogens is 4. The Morgan fingerprint density at radius 3 is 3.28 bits per heavy atom. The van der Waals surface area contributed by atoms with Crippen molar-refractivity contribution in [1.82, 2.24) is 20.2 Å². The smallest absolute Gasteiger partial charge is 0.246 e. The lowest BCUT2D eigenvalue weighted by Crippen LogP contribution is -2.19. The number of fused-ring (bicyclic) bond motifs is 1. The number of nitrogens with zero attached hydrogens (tertiary/aromatic N) is 4. The molecule has 2 N–H and O–H groups in total. The number of carbonyl (C=O) groups excluding carboxylic acids is 1. The van der Waals surface area contributed by atoms with Crippen LogP contribution >= 0.6 is 0 Å². The first-order valence-corrected chi connectivity index (χ1v) is 5.69. The maximum absolute atomic E-state index is 11.7. The van der Waals surface area contributed by atoms with Crippen LogP contribution in [0.3, 0.4) is 0 Å². The molecule has 1 amide bonds. The van der Waals surface area contributed by atoms with Crippen LogP contribution in [-0.4, -0.2) is 32.7 Å². The molecule has 0 bridgehead atoms. The first-order chi connectivity index (χ1) is 8.81. The highest BCUT2D eigenvalue weighted by Crippen LogP contribution is 2.25. The topological polar surface area (TPSA) is 84.7 Å². The van der Waals surface area contributed by atoms with E-state index < -0.39 is 0 Å². The minimum atomic E-state index is -0.145. The van der Waals surface area contributed by atoms with Crippen molar-refractivity contribution in [3.63, 3.8) is 0 Å². The molecule has 0 radical (unpaired) electrons. The number of amides is 1. The van der Waals surface area contributed by atoms with E-state index >= 15 is 0 Å². The summed E-state index contributed by atoms with van der Waals surface area (Å²) in [7, 11) is 0. The largest absolute Gasteiger partial charge is 0.384 e. The van der Waals surface area contributed by atoms with Gasteiger partial charge in [-0.2, -0.15) is 0 Å². The molecule has 7 nitrogen and oxygen atoms in total. The highest BCUT2D eigenvalue weighted by molar-refractivity contribution is 5.91. The highest BCUT2D eigenvalue weighted by atomic mass is 16.2. The zero-order chi connectivity index (χ0) is 12.4. The van der Waals surface area contributed by atoms with Gasteiger partial charge in [0, 0.05) is 17.9 Å². The monoisotopic (exact) mass is 244 g/mol. The van der Waals surface area contributed by atoms with E-state index in [1.165, 1.54) is 16.6 Å². The Labute approximate surface area is 103 Å². The molecule has 0 saturated heterocycles. The fourth-order valence-corrected chi connectivity index (χ4v) is 1.98. The molecular formula is C11H12N6O. The molecule has 0 spiro atoms. The molecule has 1 aliphatic rings. The van der Waals surface area contributed by atoms with Crippen LogP contribution in [0.25, 0.3) is 0 Å². The van der Waals surface area contributed by atoms with Crippen molar-refractivity contribution < 1.29 is 4.79 Å². The Morgan fingerprint density at radius 1 is 1.50 bits per heavy atom. The summed E-state index contributed by atoms with van der Waals surface area (Å²) < 4.78 is 1.38. The van der Waals surface area contributed by atoms with Crippen molar-refractivity contribution in [1.29, 1.82) is 0 Å². The van der Waals surface area contributed by atoms with E-state index in [0.29, 0.717) is 0 Å². The Bertz CT molecular complexity index is 565. The molecule has 3 rings (SSSR count). The number of rotatable bonds is 3. The van der Waals surface area contributed by atoms with E-state index in [0.717, 1.165) is 24.3 Å². The van der Waals surface area contributed by atoms with Crippen LogP contribution in [0, 0.1) is 0 Å². The minimum Gasteiger partial charge on any atom is -0.384 e. The fraction of sp³-hybridized carbons (Fsp3) is 0.273. The van der Waals surface area contributed by atoms with Crippen LogP contribution in [0.4, 0.5) is 11.4 Å². The van der Waals surface area contributed by atoms with Gasteiger partial charge < -0.3 is 10.6 Å². The molecule has 2 aromatic rings. The molecule has 1 aromatic heterocycles. The molecule has 18 heavy (non-hydrogen) atoms. The molecule has 2 heterocycles. The van der Waals surface area contributed by atoms with Gasteiger partial charge in [-0.3, -0.25) is 4.79 Å². The second-order valence-electron chi connectivity index (χ2n) is 4.10. The first-order valence-electron chi connectivity index (χ1n) is 5.69. The summed E-state index contributed by atoms with van der Waals surface area (Å²) in [6.45, 7) is 1.07. The van der Waals surface area contributed by atoms with E-state index in [9.17, 15) is 4.79 Å². The summed E-state index contributed by atoms with van der Waals surface area (Å²) in [5, 5.41) is 16.7. The predicted molar refractivity (Wildman–Crippen MR) is 65.1 cm³/mol. The second kappa shape index (κ2) is 4.44. The summed E-state index contributed by atoms with van der Waals surface area (Å²) in [6.07, 6.45) is 2.40. The molecule has 1 aromatic carbocycles. The molecular weight excluding hydrogens is 232 g/mol. The third-order valence-corrected chi connectivity index (χ3v) is 2.80. The maximum atomic E-state index is 11.7. The van der Waals surface area contributed by atoms with Gasteiger partial charge in [0.1, 0.15) is 12.9 Å². The van der Waals surface area contributed by atoms with Crippen LogP contribution in [0.1, 0.15) is 5.56 Å². The van der Waals surface area contributed by atoms with Gasteiger partial charge in [-0.05, 0) is 40.6 Å². The third-order valence-electron chi connectivity index (χ3n) is 2.80. The van der Waals surface area contributed by atoms with Crippen LogP contribution in [0.15, 0.2) is 24.5 Å². The molecule has 0 fully saturated rings. The van der Waals surface area contributed by atoms with Gasteiger partial charge in [0.2, 0.25) is 5.91 Å². The number of carbonyl (C=O) groups is 1. The minimum absolute atomic E-state index is 0.113. The maximum Gasteiger partial charge on any atom is 0.246 e. The van der Waals surface area contributed by atoms with Crippen molar-refractivity contribution in [3.05, 3.63) is 30.1 Å². The standard InChI is InChI=1S/C11H12N6O/c18-11(6-17-7-13-15-16-17)14-9-1-2-10-8(5-9)3-4-12-10/h1-2,5,7,12H,3-4,6H2,(H,14,18). The lowest BCUT2D eigenvalue weighted by atomic mass is 10.1. The quantitative estimate of drug-likeness (QED) is 0.810. The van der Waals surface area contributed by atoms with Gasteiger partial charge in [0.25, 0.3) is 0 Å². The van der Waals surface area contributed by atoms with Crippen LogP contribution < -0.4 is 10.6 Å². The lowest BCUT2D eigenvalue weighted by molar-refractivity contribution is -0.116. The predicted octanol–water partition coefficient (Wildman–Crippen LogP) is 0.280. The average Bonchev–Trinajstić information content (AvgIpc) is 2.98. The summed E-state index contributed by atoms with van der Waals surface area (Å²) in [5.41, 5.74) is 3.18. The summed E-state index contributed by atoms with van der Waals surface area (Å²) >= 11 is 0. The Kier molecular flexibility index (Phi) is 2.64. The second-order valence-corrected chi connectivity index (χ2v) is 4.10. The number of nitrogens with one attached hydrogen (secondary N) is 2. The summed E-state index contributed by atoms with van der Waals surface area (Å²) in [5.74, 6) is -0.145. The van der Waals surface area contributed by atoms with Gasteiger partial charge in [0.05, 0.1) is 0 Å². The van der Waals surface area contributed by atoms with Gasteiger partial charge in [-0.15, -0.1) is 5.10 Å². The highest BCUT2D eigenvalue weighted by Gasteiger charge is 2.11. The Morgan fingerprint density at radius 2 is 2.44 bits per heavy atom. The Balaban J connectivity index is 1.67. The van der Waals surface area contributed by atoms with Gasteiger partial charge >= 0.3 is 0 Å². The van der Waals surface area contributed by atoms with Gasteiger partial charge in [-0.25, -0.2) is 4.68 Å². The van der Waals surface area contributed by atoms with Crippen molar-refractivity contribution in [2.24, 2.45) is 0 Å². The van der Waals surface area contributed by atoms with Gasteiger partial charge in [-0.1, -0.05) is 0 Å². The number of hydrogen-bond acceptors (Lipinski definition) is 5. The van der Waals surface area contributed by atoms with Crippen molar-refractivity contribution >= 4 is 17.3 Å². The lowest BCUT2D eigenvalue weighted by Gasteiger charge is -2.06. The Hall–Kier alpha value is -2.44. The SMILES string of the molecule is O=C(Cn1cnnn1)Nc1ccc2c(c1)CCN2. The molecule has 92 valence electrons. The molecule has 0 atom stereocenters. The van der Waals surface area contributed by atoms with Crippen molar-refractivity contribution in [2.75, 3.05) is 17.2 Å². The van der Waals surface area contributed by atoms with E-state index in [4.69, 9.17) is 0 Å². The van der Waals surface area contributed by atoms with E-state index in [1.807, 2.05) is 18.2 Å². The van der Waals surface area contributed by atoms with Crippen molar-refractivity contribution in [2.45, 2.75) is 13.0 Å². The molecule has 1 aliphatic heterocycles. The fourth-order valence-electron chi connectivity index (χ4n) is 1.98. The van der Waals surface area contributed by atoms with Gasteiger partial charge in [0.15, 0.2) is 0 Å². The molecule has 0 saturated carbocycles. The molecule has 7 heteroatoms. The number of hydrogen-bond donors (Lipinski definition) is 2. The zero-order valence-electron chi connectivity index (χ0n) is 9.63. The van der Waals surface area contributed by atoms with Crippen molar-refractivity contribution in [3.8, 4) is 0 Å². The summed E-state index contributed by atoms with van der Waals surface area (Å²) in [4.78, 5) is 11.7. The van der Waals surface area contributed by atoms with Crippen LogP contribution in [0.2, 0.25) is 0 Å². The number of anilines is 2. The van der Waals surface area contributed by atoms with Crippen LogP contribution in [-0.2, 0) is 17.8 Å². The van der Waals surface area contributed by atoms with E-state index in [2.05, 4.69) is 26.2 Å². The number of benzene rings is 1. The molecule has 0 aliphatic carbocycles. The number of tetrazole rings is 1. The molecule has 0 unspecified atom stereocenters. The average molecular weight is 244 g/mol. The third kappa shape index (κ3) is 2.15. The van der Waals surface area contributed by atoms with E-state index in [1.54, 1.807) is 0 Å².